The number of hydrogen-bond acceptors (Lipinski definition) is 2. The Morgan fingerprint density at radius 2 is 2.09 bits per heavy atom. The third kappa shape index (κ3) is 3.31. The van der Waals surface area contributed by atoms with E-state index in [-0.39, 0.29) is 6.03 Å². The molecule has 1 heterocycles. The topological polar surface area (TPSA) is 41.6 Å². The minimum atomic E-state index is -0.0234. The fourth-order valence-corrected chi connectivity index (χ4v) is 3.05. The summed E-state index contributed by atoms with van der Waals surface area (Å²) in [4.78, 5) is 14.3. The standard InChI is InChI=1S/C19H22N2O2/c1-14-13-21(18-9-4-3-8-17(14)18)19(22)20-11-10-15-6-5-7-16(12-15)23-2/h3-9,12,14H,10-11,13H2,1-2H3,(H,20,22). The number of ether oxygens (including phenoxy) is 1. The van der Waals surface area contributed by atoms with Gasteiger partial charge in [0.15, 0.2) is 0 Å². The lowest BCUT2D eigenvalue weighted by Gasteiger charge is -2.18. The second kappa shape index (κ2) is 6.73. The van der Waals surface area contributed by atoms with Crippen LogP contribution in [0, 0.1) is 0 Å². The number of methoxy groups -OCH3 is 1. The normalized spacial score (nSPS) is 16.1. The smallest absolute Gasteiger partial charge is 0.321 e. The van der Waals surface area contributed by atoms with Crippen molar-refractivity contribution in [3.8, 4) is 5.75 Å². The number of para-hydroxylation sites is 1. The molecule has 0 fully saturated rings. The Labute approximate surface area is 137 Å². The fraction of sp³-hybridized carbons (Fsp3) is 0.316. The number of anilines is 1. The van der Waals surface area contributed by atoms with Crippen molar-refractivity contribution in [2.24, 2.45) is 0 Å². The van der Waals surface area contributed by atoms with Crippen molar-refractivity contribution in [3.63, 3.8) is 0 Å². The first-order valence-electron chi connectivity index (χ1n) is 7.96. The van der Waals surface area contributed by atoms with Crippen LogP contribution in [0.1, 0.15) is 24.0 Å². The van der Waals surface area contributed by atoms with Gasteiger partial charge >= 0.3 is 6.03 Å². The molecule has 1 unspecified atom stereocenters. The zero-order chi connectivity index (χ0) is 16.2. The molecule has 2 aromatic carbocycles. The molecular formula is C19H22N2O2. The number of urea groups is 1. The number of benzene rings is 2. The molecule has 4 nitrogen and oxygen atoms in total. The number of carbonyl (C=O) groups is 1. The van der Waals surface area contributed by atoms with Gasteiger partial charge in [-0.25, -0.2) is 4.79 Å². The third-order valence-corrected chi connectivity index (χ3v) is 4.28. The van der Waals surface area contributed by atoms with Gasteiger partial charge in [0.1, 0.15) is 5.75 Å². The van der Waals surface area contributed by atoms with Gasteiger partial charge in [-0.05, 0) is 35.7 Å². The van der Waals surface area contributed by atoms with Gasteiger partial charge in [-0.2, -0.15) is 0 Å². The van der Waals surface area contributed by atoms with E-state index < -0.39 is 0 Å². The number of amides is 2. The predicted molar refractivity (Wildman–Crippen MR) is 92.3 cm³/mol. The highest BCUT2D eigenvalue weighted by atomic mass is 16.5. The van der Waals surface area contributed by atoms with E-state index in [9.17, 15) is 4.79 Å². The van der Waals surface area contributed by atoms with E-state index >= 15 is 0 Å². The van der Waals surface area contributed by atoms with Crippen LogP contribution in [-0.2, 0) is 6.42 Å². The largest absolute Gasteiger partial charge is 0.497 e. The molecule has 23 heavy (non-hydrogen) atoms. The molecule has 0 saturated heterocycles. The number of nitrogens with zero attached hydrogens (tertiary/aromatic N) is 1. The molecule has 2 amide bonds. The molecule has 120 valence electrons. The van der Waals surface area contributed by atoms with Crippen LogP contribution in [0.15, 0.2) is 48.5 Å². The maximum atomic E-state index is 12.5. The zero-order valence-corrected chi connectivity index (χ0v) is 13.6. The van der Waals surface area contributed by atoms with Gasteiger partial charge in [0.2, 0.25) is 0 Å². The van der Waals surface area contributed by atoms with Crippen molar-refractivity contribution in [2.75, 3.05) is 25.1 Å². The van der Waals surface area contributed by atoms with E-state index in [1.807, 2.05) is 47.4 Å². The van der Waals surface area contributed by atoms with Gasteiger partial charge in [-0.1, -0.05) is 37.3 Å². The summed E-state index contributed by atoms with van der Waals surface area (Å²) in [5.74, 6) is 1.23. The molecule has 2 aromatic rings. The second-order valence-corrected chi connectivity index (χ2v) is 5.90. The fourth-order valence-electron chi connectivity index (χ4n) is 3.05. The summed E-state index contributed by atoms with van der Waals surface area (Å²) in [7, 11) is 1.66. The van der Waals surface area contributed by atoms with Crippen LogP contribution < -0.4 is 15.0 Å². The first kappa shape index (κ1) is 15.4. The van der Waals surface area contributed by atoms with E-state index in [0.29, 0.717) is 12.5 Å². The van der Waals surface area contributed by atoms with Crippen LogP contribution in [0.3, 0.4) is 0 Å². The van der Waals surface area contributed by atoms with Crippen LogP contribution in [0.25, 0.3) is 0 Å². The van der Waals surface area contributed by atoms with E-state index in [0.717, 1.165) is 30.0 Å². The Morgan fingerprint density at radius 3 is 2.91 bits per heavy atom. The van der Waals surface area contributed by atoms with Crippen LogP contribution in [0.2, 0.25) is 0 Å². The monoisotopic (exact) mass is 310 g/mol. The van der Waals surface area contributed by atoms with Crippen LogP contribution in [0.4, 0.5) is 10.5 Å². The summed E-state index contributed by atoms with van der Waals surface area (Å²) in [5.41, 5.74) is 3.43. The van der Waals surface area contributed by atoms with Crippen molar-refractivity contribution in [1.82, 2.24) is 5.32 Å². The van der Waals surface area contributed by atoms with Crippen LogP contribution in [-0.4, -0.2) is 26.2 Å². The maximum absolute atomic E-state index is 12.5. The molecule has 1 aliphatic heterocycles. The Hall–Kier alpha value is -2.49. The van der Waals surface area contributed by atoms with E-state index in [4.69, 9.17) is 4.74 Å². The van der Waals surface area contributed by atoms with Gasteiger partial charge in [0.05, 0.1) is 7.11 Å². The summed E-state index contributed by atoms with van der Waals surface area (Å²) in [5, 5.41) is 3.02. The molecule has 3 rings (SSSR count). The first-order valence-corrected chi connectivity index (χ1v) is 7.96. The Kier molecular flexibility index (Phi) is 4.51. The Balaban J connectivity index is 1.58. The molecule has 4 heteroatoms. The average molecular weight is 310 g/mol. The lowest BCUT2D eigenvalue weighted by atomic mass is 10.0. The van der Waals surface area contributed by atoms with Gasteiger partial charge < -0.3 is 10.1 Å². The predicted octanol–water partition coefficient (Wildman–Crippen LogP) is 3.57. The van der Waals surface area contributed by atoms with Gasteiger partial charge in [0, 0.05) is 24.7 Å². The number of fused-ring (bicyclic) bond motifs is 1. The quantitative estimate of drug-likeness (QED) is 0.938. The van der Waals surface area contributed by atoms with Crippen molar-refractivity contribution >= 4 is 11.7 Å². The summed E-state index contributed by atoms with van der Waals surface area (Å²) < 4.78 is 5.22. The summed E-state index contributed by atoms with van der Waals surface area (Å²) >= 11 is 0. The zero-order valence-electron chi connectivity index (χ0n) is 13.6. The van der Waals surface area contributed by atoms with Gasteiger partial charge in [-0.15, -0.1) is 0 Å². The Morgan fingerprint density at radius 1 is 1.26 bits per heavy atom. The van der Waals surface area contributed by atoms with Crippen molar-refractivity contribution in [1.29, 1.82) is 0 Å². The van der Waals surface area contributed by atoms with Crippen LogP contribution >= 0.6 is 0 Å². The highest BCUT2D eigenvalue weighted by molar-refractivity contribution is 5.94. The summed E-state index contributed by atoms with van der Waals surface area (Å²) in [6.07, 6.45) is 0.786. The summed E-state index contributed by atoms with van der Waals surface area (Å²) in [6, 6.07) is 16.0. The number of nitrogens with one attached hydrogen (secondary N) is 1. The Bertz CT molecular complexity index is 699. The highest BCUT2D eigenvalue weighted by Gasteiger charge is 2.28. The molecule has 0 saturated carbocycles. The van der Waals surface area contributed by atoms with Crippen molar-refractivity contribution < 1.29 is 9.53 Å². The molecule has 0 spiro atoms. The minimum absolute atomic E-state index is 0.0234. The molecule has 1 N–H and O–H groups in total. The van der Waals surface area contributed by atoms with Gasteiger partial charge in [-0.3, -0.25) is 4.90 Å². The molecular weight excluding hydrogens is 288 g/mol. The molecule has 0 aromatic heterocycles. The highest BCUT2D eigenvalue weighted by Crippen LogP contribution is 2.35. The SMILES string of the molecule is COc1cccc(CCNC(=O)N2CC(C)c3ccccc32)c1. The minimum Gasteiger partial charge on any atom is -0.497 e. The second-order valence-electron chi connectivity index (χ2n) is 5.90. The molecule has 0 aliphatic carbocycles. The average Bonchev–Trinajstić information content (AvgIpc) is 2.92. The molecule has 0 bridgehead atoms. The van der Waals surface area contributed by atoms with Crippen LogP contribution in [0.5, 0.6) is 5.75 Å². The number of hydrogen-bond donors (Lipinski definition) is 1. The maximum Gasteiger partial charge on any atom is 0.321 e. The lowest BCUT2D eigenvalue weighted by molar-refractivity contribution is 0.246. The number of rotatable bonds is 4. The first-order chi connectivity index (χ1) is 11.2. The molecule has 0 radical (unpaired) electrons. The van der Waals surface area contributed by atoms with E-state index in [1.165, 1.54) is 5.56 Å². The molecule has 1 aliphatic rings. The lowest BCUT2D eigenvalue weighted by Crippen LogP contribution is -2.40. The van der Waals surface area contributed by atoms with Crippen molar-refractivity contribution in [2.45, 2.75) is 19.3 Å². The third-order valence-electron chi connectivity index (χ3n) is 4.28. The number of carbonyl (C=O) groups excluding carboxylic acids is 1. The van der Waals surface area contributed by atoms with E-state index in [2.05, 4.69) is 18.3 Å². The summed E-state index contributed by atoms with van der Waals surface area (Å²) in [6.45, 7) is 3.51. The molecule has 1 atom stereocenters. The van der Waals surface area contributed by atoms with Crippen molar-refractivity contribution in [3.05, 3.63) is 59.7 Å². The van der Waals surface area contributed by atoms with Gasteiger partial charge in [0.25, 0.3) is 0 Å². The van der Waals surface area contributed by atoms with E-state index in [1.54, 1.807) is 7.11 Å².